The summed E-state index contributed by atoms with van der Waals surface area (Å²) >= 11 is 5.83. The summed E-state index contributed by atoms with van der Waals surface area (Å²) in [5, 5.41) is 3.31. The molecule has 106 valence electrons. The lowest BCUT2D eigenvalue weighted by Gasteiger charge is -2.23. The first kappa shape index (κ1) is 15.8. The maximum Gasteiger partial charge on any atom is 0.238 e. The number of carbonyl (C=O) groups excluding carboxylic acids is 1. The van der Waals surface area contributed by atoms with Crippen LogP contribution in [0.3, 0.4) is 0 Å². The van der Waals surface area contributed by atoms with E-state index in [0.717, 1.165) is 12.8 Å². The Bertz CT molecular complexity index is 437. The van der Waals surface area contributed by atoms with Gasteiger partial charge in [0.05, 0.1) is 17.3 Å². The zero-order valence-electron chi connectivity index (χ0n) is 11.7. The number of nitrogens with zero attached hydrogens (tertiary/aromatic N) is 1. The SMILES string of the molecule is CCCC(C)N(C)CC(=O)Nc1ccc(Cl)c(N)c1. The number of hydrogen-bond donors (Lipinski definition) is 2. The molecule has 0 saturated carbocycles. The van der Waals surface area contributed by atoms with E-state index in [2.05, 4.69) is 19.2 Å². The Balaban J connectivity index is 2.53. The molecule has 1 aromatic rings. The van der Waals surface area contributed by atoms with Crippen LogP contribution in [0.5, 0.6) is 0 Å². The Kier molecular flexibility index (Phi) is 6.12. The van der Waals surface area contributed by atoms with E-state index in [1.54, 1.807) is 18.2 Å². The van der Waals surface area contributed by atoms with Crippen LogP contribution in [0.4, 0.5) is 11.4 Å². The summed E-state index contributed by atoms with van der Waals surface area (Å²) < 4.78 is 0. The molecule has 4 nitrogen and oxygen atoms in total. The van der Waals surface area contributed by atoms with Gasteiger partial charge < -0.3 is 11.1 Å². The van der Waals surface area contributed by atoms with E-state index in [4.69, 9.17) is 17.3 Å². The van der Waals surface area contributed by atoms with Crippen molar-refractivity contribution in [3.8, 4) is 0 Å². The fourth-order valence-corrected chi connectivity index (χ4v) is 1.96. The number of nitrogens with two attached hydrogens (primary N) is 1. The molecule has 0 spiro atoms. The zero-order chi connectivity index (χ0) is 14.4. The molecule has 0 aromatic heterocycles. The number of halogens is 1. The largest absolute Gasteiger partial charge is 0.397 e. The highest BCUT2D eigenvalue weighted by molar-refractivity contribution is 6.33. The molecule has 19 heavy (non-hydrogen) atoms. The molecular formula is C14H22ClN3O. The topological polar surface area (TPSA) is 58.4 Å². The summed E-state index contributed by atoms with van der Waals surface area (Å²) in [5.74, 6) is -0.0489. The minimum atomic E-state index is -0.0489. The maximum absolute atomic E-state index is 11.9. The van der Waals surface area contributed by atoms with Crippen molar-refractivity contribution in [3.05, 3.63) is 23.2 Å². The van der Waals surface area contributed by atoms with E-state index in [9.17, 15) is 4.79 Å². The van der Waals surface area contributed by atoms with Gasteiger partial charge in [-0.1, -0.05) is 24.9 Å². The van der Waals surface area contributed by atoms with Gasteiger partial charge in [-0.05, 0) is 38.6 Å². The molecule has 5 heteroatoms. The number of nitrogens with one attached hydrogen (secondary N) is 1. The van der Waals surface area contributed by atoms with Crippen molar-refractivity contribution in [3.63, 3.8) is 0 Å². The van der Waals surface area contributed by atoms with Crippen molar-refractivity contribution in [2.24, 2.45) is 0 Å². The highest BCUT2D eigenvalue weighted by Gasteiger charge is 2.12. The number of anilines is 2. The first-order chi connectivity index (χ1) is 8.93. The smallest absolute Gasteiger partial charge is 0.238 e. The van der Waals surface area contributed by atoms with Gasteiger partial charge in [-0.15, -0.1) is 0 Å². The first-order valence-corrected chi connectivity index (χ1v) is 6.87. The summed E-state index contributed by atoms with van der Waals surface area (Å²) in [4.78, 5) is 13.9. The van der Waals surface area contributed by atoms with Gasteiger partial charge >= 0.3 is 0 Å². The Hall–Kier alpha value is -1.26. The van der Waals surface area contributed by atoms with Gasteiger partial charge in [0, 0.05) is 11.7 Å². The van der Waals surface area contributed by atoms with Gasteiger partial charge in [0.1, 0.15) is 0 Å². The van der Waals surface area contributed by atoms with Crippen molar-refractivity contribution in [1.82, 2.24) is 4.90 Å². The lowest BCUT2D eigenvalue weighted by Crippen LogP contribution is -2.36. The average molecular weight is 284 g/mol. The Morgan fingerprint density at radius 3 is 2.79 bits per heavy atom. The Labute approximate surface area is 119 Å². The highest BCUT2D eigenvalue weighted by Crippen LogP contribution is 2.22. The molecule has 1 unspecified atom stereocenters. The van der Waals surface area contributed by atoms with Crippen molar-refractivity contribution in [2.45, 2.75) is 32.7 Å². The number of likely N-dealkylation sites (N-methyl/N-ethyl adjacent to an activating group) is 1. The number of nitrogen functional groups attached to an aromatic ring is 1. The van der Waals surface area contributed by atoms with E-state index < -0.39 is 0 Å². The Morgan fingerprint density at radius 1 is 1.53 bits per heavy atom. The van der Waals surface area contributed by atoms with Crippen LogP contribution in [-0.2, 0) is 4.79 Å². The predicted octanol–water partition coefficient (Wildman–Crippen LogP) is 2.98. The second kappa shape index (κ2) is 7.36. The normalized spacial score (nSPS) is 12.5. The number of benzene rings is 1. The third kappa shape index (κ3) is 5.09. The minimum Gasteiger partial charge on any atom is -0.397 e. The van der Waals surface area contributed by atoms with Gasteiger partial charge in [0.25, 0.3) is 0 Å². The average Bonchev–Trinajstić information content (AvgIpc) is 2.34. The standard InChI is InChI=1S/C14H22ClN3O/c1-4-5-10(2)18(3)9-14(19)17-11-6-7-12(15)13(16)8-11/h6-8,10H,4-5,9,16H2,1-3H3,(H,17,19). The molecule has 0 aliphatic rings. The monoisotopic (exact) mass is 283 g/mol. The number of hydrogen-bond acceptors (Lipinski definition) is 3. The third-order valence-corrected chi connectivity index (χ3v) is 3.48. The Morgan fingerprint density at radius 2 is 2.21 bits per heavy atom. The molecule has 1 rings (SSSR count). The van der Waals surface area contributed by atoms with Crippen LogP contribution < -0.4 is 11.1 Å². The van der Waals surface area contributed by atoms with Crippen LogP contribution in [0.15, 0.2) is 18.2 Å². The molecule has 0 aliphatic heterocycles. The molecule has 0 saturated heterocycles. The lowest BCUT2D eigenvalue weighted by molar-refractivity contribution is -0.117. The second-order valence-electron chi connectivity index (χ2n) is 4.84. The quantitative estimate of drug-likeness (QED) is 0.789. The summed E-state index contributed by atoms with van der Waals surface area (Å²) in [6.07, 6.45) is 2.19. The van der Waals surface area contributed by atoms with Crippen LogP contribution in [0.1, 0.15) is 26.7 Å². The van der Waals surface area contributed by atoms with Gasteiger partial charge in [-0.3, -0.25) is 9.69 Å². The molecule has 1 aromatic carbocycles. The van der Waals surface area contributed by atoms with Crippen LogP contribution >= 0.6 is 11.6 Å². The molecule has 3 N–H and O–H groups in total. The minimum absolute atomic E-state index is 0.0489. The fourth-order valence-electron chi connectivity index (χ4n) is 1.84. The van der Waals surface area contributed by atoms with Crippen LogP contribution in [0.2, 0.25) is 5.02 Å². The van der Waals surface area contributed by atoms with Crippen molar-refractivity contribution < 1.29 is 4.79 Å². The summed E-state index contributed by atoms with van der Waals surface area (Å²) in [6.45, 7) is 4.63. The van der Waals surface area contributed by atoms with E-state index in [-0.39, 0.29) is 5.91 Å². The predicted molar refractivity (Wildman–Crippen MR) is 81.5 cm³/mol. The van der Waals surface area contributed by atoms with Crippen molar-refractivity contribution in [1.29, 1.82) is 0 Å². The van der Waals surface area contributed by atoms with E-state index in [1.165, 1.54) is 0 Å². The highest BCUT2D eigenvalue weighted by atomic mass is 35.5. The molecule has 0 radical (unpaired) electrons. The molecular weight excluding hydrogens is 262 g/mol. The van der Waals surface area contributed by atoms with Gasteiger partial charge in [0.15, 0.2) is 0 Å². The molecule has 1 amide bonds. The maximum atomic E-state index is 11.9. The summed E-state index contributed by atoms with van der Waals surface area (Å²) in [7, 11) is 1.95. The number of carbonyl (C=O) groups is 1. The van der Waals surface area contributed by atoms with Crippen LogP contribution in [0.25, 0.3) is 0 Å². The first-order valence-electron chi connectivity index (χ1n) is 6.49. The number of amides is 1. The molecule has 0 fully saturated rings. The van der Waals surface area contributed by atoms with Crippen LogP contribution in [-0.4, -0.2) is 30.4 Å². The van der Waals surface area contributed by atoms with Crippen molar-refractivity contribution >= 4 is 28.9 Å². The van der Waals surface area contributed by atoms with E-state index in [0.29, 0.717) is 29.0 Å². The number of rotatable bonds is 6. The third-order valence-electron chi connectivity index (χ3n) is 3.13. The molecule has 1 atom stereocenters. The molecule has 0 bridgehead atoms. The molecule has 0 heterocycles. The van der Waals surface area contributed by atoms with Gasteiger partial charge in [0.2, 0.25) is 5.91 Å². The molecule has 0 aliphatic carbocycles. The zero-order valence-corrected chi connectivity index (χ0v) is 12.5. The summed E-state index contributed by atoms with van der Waals surface area (Å²) in [5.41, 5.74) is 6.83. The lowest BCUT2D eigenvalue weighted by atomic mass is 10.2. The van der Waals surface area contributed by atoms with E-state index >= 15 is 0 Å². The van der Waals surface area contributed by atoms with Gasteiger partial charge in [-0.2, -0.15) is 0 Å². The van der Waals surface area contributed by atoms with Crippen LogP contribution in [0, 0.1) is 0 Å². The summed E-state index contributed by atoms with van der Waals surface area (Å²) in [6, 6.07) is 5.48. The van der Waals surface area contributed by atoms with E-state index in [1.807, 2.05) is 11.9 Å². The van der Waals surface area contributed by atoms with Gasteiger partial charge in [-0.25, -0.2) is 0 Å². The fraction of sp³-hybridized carbons (Fsp3) is 0.500. The van der Waals surface area contributed by atoms with Crippen molar-refractivity contribution in [2.75, 3.05) is 24.6 Å². The second-order valence-corrected chi connectivity index (χ2v) is 5.24.